The van der Waals surface area contributed by atoms with E-state index in [1.165, 1.54) is 0 Å². The van der Waals surface area contributed by atoms with Crippen LogP contribution >= 0.6 is 0 Å². The van der Waals surface area contributed by atoms with Gasteiger partial charge in [0, 0.05) is 6.42 Å². The van der Waals surface area contributed by atoms with Gasteiger partial charge in [0.05, 0.1) is 17.7 Å². The second-order valence-electron chi connectivity index (χ2n) is 7.10. The highest BCUT2D eigenvalue weighted by Crippen LogP contribution is 2.23. The van der Waals surface area contributed by atoms with E-state index in [4.69, 9.17) is 4.53 Å². The summed E-state index contributed by atoms with van der Waals surface area (Å²) in [5.41, 5.74) is 0.992. The van der Waals surface area contributed by atoms with Gasteiger partial charge in [-0.05, 0) is 28.4 Å². The van der Waals surface area contributed by atoms with Crippen molar-refractivity contribution >= 4 is 29.6 Å². The molecule has 0 spiro atoms. The topological polar surface area (TPSA) is 45.4 Å². The van der Waals surface area contributed by atoms with Crippen molar-refractivity contribution in [1.82, 2.24) is 0 Å². The normalized spacial score (nSPS) is 18.0. The van der Waals surface area contributed by atoms with E-state index in [0.717, 1.165) is 34.1 Å². The van der Waals surface area contributed by atoms with E-state index < -0.39 is 8.32 Å². The molecule has 138 valence electrons. The molecule has 1 unspecified atom stereocenters. The van der Waals surface area contributed by atoms with E-state index in [9.17, 15) is 5.26 Å². The highest BCUT2D eigenvalue weighted by Gasteiger charge is 2.45. The second kappa shape index (κ2) is 8.24. The molecule has 0 amide bonds. The summed E-state index contributed by atoms with van der Waals surface area (Å²) in [7, 11) is -2.79. The van der Waals surface area contributed by atoms with E-state index in [0.29, 0.717) is 6.42 Å². The Morgan fingerprint density at radius 2 is 1.25 bits per heavy atom. The van der Waals surface area contributed by atoms with Crippen molar-refractivity contribution in [2.24, 2.45) is 11.1 Å². The van der Waals surface area contributed by atoms with E-state index in [-0.39, 0.29) is 5.92 Å². The Hall–Kier alpha value is -3.16. The van der Waals surface area contributed by atoms with E-state index in [2.05, 4.69) is 84.0 Å². The van der Waals surface area contributed by atoms with Gasteiger partial charge in [-0.1, -0.05) is 91.0 Å². The number of nitrogens with zero attached hydrogens (tertiary/aromatic N) is 2. The van der Waals surface area contributed by atoms with Gasteiger partial charge >= 0.3 is 8.32 Å². The fourth-order valence-electron chi connectivity index (χ4n) is 3.83. The van der Waals surface area contributed by atoms with Crippen LogP contribution in [-0.2, 0) is 4.53 Å². The summed E-state index contributed by atoms with van der Waals surface area (Å²) in [6, 6.07) is 33.6. The Morgan fingerprint density at radius 1 is 0.786 bits per heavy atom. The average molecular weight is 383 g/mol. The summed E-state index contributed by atoms with van der Waals surface area (Å²) >= 11 is 0. The van der Waals surface area contributed by atoms with Crippen LogP contribution in [0.3, 0.4) is 0 Å². The molecule has 28 heavy (non-hydrogen) atoms. The van der Waals surface area contributed by atoms with Crippen LogP contribution in [0.25, 0.3) is 0 Å². The Balaban J connectivity index is 1.87. The van der Waals surface area contributed by atoms with Crippen LogP contribution in [0.2, 0.25) is 0 Å². The molecule has 4 heteroatoms. The first-order valence-electron chi connectivity index (χ1n) is 9.63. The van der Waals surface area contributed by atoms with Crippen LogP contribution in [0.1, 0.15) is 19.3 Å². The minimum Gasteiger partial charge on any atom is -0.438 e. The van der Waals surface area contributed by atoms with Crippen LogP contribution < -0.4 is 15.6 Å². The van der Waals surface area contributed by atoms with Crippen LogP contribution in [0.5, 0.6) is 0 Å². The quantitative estimate of drug-likeness (QED) is 0.386. The van der Waals surface area contributed by atoms with Crippen molar-refractivity contribution in [1.29, 1.82) is 5.26 Å². The number of benzene rings is 3. The monoisotopic (exact) mass is 382 g/mol. The maximum absolute atomic E-state index is 9.21. The highest BCUT2D eigenvalue weighted by atomic mass is 28.4. The lowest BCUT2D eigenvalue weighted by Crippen LogP contribution is -2.68. The molecular weight excluding hydrogens is 360 g/mol. The first kappa shape index (κ1) is 18.2. The number of rotatable bonds is 5. The molecule has 1 aliphatic rings. The molecule has 0 saturated heterocycles. The smallest absolute Gasteiger partial charge is 0.380 e. The highest BCUT2D eigenvalue weighted by molar-refractivity contribution is 7.07. The van der Waals surface area contributed by atoms with E-state index in [1.54, 1.807) is 0 Å². The summed E-state index contributed by atoms with van der Waals surface area (Å²) in [5.74, 6) is 0.0589. The lowest BCUT2D eigenvalue weighted by Gasteiger charge is -2.30. The standard InChI is InChI=1S/C24H22N2OSi/c25-19-20-16-17-21(18-20)26-27-28(22-10-4-1-5-11-22,23-12-6-2-7-13-23)24-14-8-3-9-15-24/h1-15,20H,16-18H2/b26-21+. The van der Waals surface area contributed by atoms with Gasteiger partial charge < -0.3 is 4.53 Å². The molecule has 0 bridgehead atoms. The van der Waals surface area contributed by atoms with Crippen molar-refractivity contribution in [3.63, 3.8) is 0 Å². The zero-order valence-corrected chi connectivity index (χ0v) is 16.7. The minimum absolute atomic E-state index is 0.0589. The summed E-state index contributed by atoms with van der Waals surface area (Å²) in [6.45, 7) is 0. The molecule has 0 aliphatic heterocycles. The van der Waals surface area contributed by atoms with Gasteiger partial charge in [-0.15, -0.1) is 5.16 Å². The predicted molar refractivity (Wildman–Crippen MR) is 115 cm³/mol. The molecule has 0 radical (unpaired) electrons. The predicted octanol–water partition coefficient (Wildman–Crippen LogP) is 3.35. The Kier molecular flexibility index (Phi) is 5.36. The molecule has 3 aromatic rings. The lowest BCUT2D eigenvalue weighted by atomic mass is 10.1. The minimum atomic E-state index is -2.79. The summed E-state index contributed by atoms with van der Waals surface area (Å²) in [6.07, 6.45) is 2.41. The van der Waals surface area contributed by atoms with Crippen molar-refractivity contribution in [2.45, 2.75) is 19.3 Å². The molecule has 1 aliphatic carbocycles. The summed E-state index contributed by atoms with van der Waals surface area (Å²) in [5, 5.41) is 17.3. The maximum Gasteiger partial charge on any atom is 0.380 e. The van der Waals surface area contributed by atoms with Crippen LogP contribution in [0.4, 0.5) is 0 Å². The molecule has 0 N–H and O–H groups in total. The number of hydrogen-bond donors (Lipinski definition) is 0. The fourth-order valence-corrected chi connectivity index (χ4v) is 7.40. The Bertz CT molecular complexity index is 885. The van der Waals surface area contributed by atoms with Gasteiger partial charge in [-0.2, -0.15) is 5.26 Å². The fraction of sp³-hybridized carbons (Fsp3) is 0.167. The zero-order valence-electron chi connectivity index (χ0n) is 15.7. The van der Waals surface area contributed by atoms with Gasteiger partial charge in [-0.3, -0.25) is 0 Å². The molecule has 1 fully saturated rings. The van der Waals surface area contributed by atoms with E-state index >= 15 is 0 Å². The molecule has 3 nitrogen and oxygen atoms in total. The summed E-state index contributed by atoms with van der Waals surface area (Å²) in [4.78, 5) is 0. The first-order chi connectivity index (χ1) is 13.8. The SMILES string of the molecule is N#CC1CC/C(=N\O[Si](c2ccccc2)(c2ccccc2)c2ccccc2)C1. The van der Waals surface area contributed by atoms with Crippen molar-refractivity contribution in [3.05, 3.63) is 91.0 Å². The molecule has 1 atom stereocenters. The van der Waals surface area contributed by atoms with Gasteiger partial charge in [0.1, 0.15) is 0 Å². The molecular formula is C24H22N2OSi. The van der Waals surface area contributed by atoms with Crippen molar-refractivity contribution in [2.75, 3.05) is 0 Å². The van der Waals surface area contributed by atoms with Gasteiger partial charge in [0.15, 0.2) is 0 Å². The zero-order chi connectivity index (χ0) is 19.2. The van der Waals surface area contributed by atoms with Crippen LogP contribution in [0.15, 0.2) is 96.2 Å². The summed E-state index contributed by atoms with van der Waals surface area (Å²) < 4.78 is 6.58. The number of nitriles is 1. The van der Waals surface area contributed by atoms with Crippen LogP contribution in [0, 0.1) is 17.2 Å². The van der Waals surface area contributed by atoms with Crippen molar-refractivity contribution < 1.29 is 4.53 Å². The second-order valence-corrected chi connectivity index (χ2v) is 10.4. The van der Waals surface area contributed by atoms with E-state index in [1.807, 2.05) is 18.2 Å². The number of oxime groups is 1. The maximum atomic E-state index is 9.21. The molecule has 0 heterocycles. The molecule has 3 aromatic carbocycles. The third kappa shape index (κ3) is 3.49. The van der Waals surface area contributed by atoms with Gasteiger partial charge in [-0.25, -0.2) is 0 Å². The Labute approximate surface area is 167 Å². The average Bonchev–Trinajstić information content (AvgIpc) is 3.25. The molecule has 1 saturated carbocycles. The van der Waals surface area contributed by atoms with Crippen molar-refractivity contribution in [3.8, 4) is 6.07 Å². The first-order valence-corrected chi connectivity index (χ1v) is 11.5. The molecule has 0 aromatic heterocycles. The van der Waals surface area contributed by atoms with Gasteiger partial charge in [0.25, 0.3) is 0 Å². The third-order valence-electron chi connectivity index (χ3n) is 5.30. The largest absolute Gasteiger partial charge is 0.438 e. The number of hydrogen-bond acceptors (Lipinski definition) is 3. The molecule has 4 rings (SSSR count). The lowest BCUT2D eigenvalue weighted by molar-refractivity contribution is 0.347. The van der Waals surface area contributed by atoms with Gasteiger partial charge in [0.2, 0.25) is 0 Å². The van der Waals surface area contributed by atoms with Crippen LogP contribution in [-0.4, -0.2) is 14.0 Å². The Morgan fingerprint density at radius 3 is 1.64 bits per heavy atom. The third-order valence-corrected chi connectivity index (χ3v) is 9.10.